The highest BCUT2D eigenvalue weighted by molar-refractivity contribution is 5.66. The van der Waals surface area contributed by atoms with Crippen LogP contribution in [0.1, 0.15) is 42.6 Å². The van der Waals surface area contributed by atoms with E-state index in [0.717, 1.165) is 48.7 Å². The summed E-state index contributed by atoms with van der Waals surface area (Å²) in [6.45, 7) is 5.40. The highest BCUT2D eigenvalue weighted by atomic mass is 16.3. The van der Waals surface area contributed by atoms with Crippen molar-refractivity contribution in [1.82, 2.24) is 9.55 Å². The molecule has 33 heavy (non-hydrogen) atoms. The number of aliphatic hydroxyl groups is 2. The molecule has 0 radical (unpaired) electrons. The zero-order valence-corrected chi connectivity index (χ0v) is 19.3. The number of anilines is 2. The highest BCUT2D eigenvalue weighted by Gasteiger charge is 2.20. The SMILES string of the molecule is CCN(CCO)c1ccc(NC/C2=C/CCC(c3ccccc3CO)Cn3ccnc32)cc1. The fraction of sp³-hybridized carbons (Fsp3) is 0.370. The largest absolute Gasteiger partial charge is 0.395 e. The van der Waals surface area contributed by atoms with Crippen molar-refractivity contribution < 1.29 is 10.2 Å². The van der Waals surface area contributed by atoms with Crippen LogP contribution in [0.3, 0.4) is 0 Å². The molecule has 2 heterocycles. The molecular weight excluding hydrogens is 412 g/mol. The zero-order valence-electron chi connectivity index (χ0n) is 19.3. The molecule has 0 aliphatic carbocycles. The number of nitrogens with zero attached hydrogens (tertiary/aromatic N) is 3. The predicted molar refractivity (Wildman–Crippen MR) is 134 cm³/mol. The maximum atomic E-state index is 9.79. The van der Waals surface area contributed by atoms with Crippen LogP contribution >= 0.6 is 0 Å². The summed E-state index contributed by atoms with van der Waals surface area (Å²) in [4.78, 5) is 6.82. The van der Waals surface area contributed by atoms with Crippen LogP contribution in [-0.2, 0) is 13.2 Å². The summed E-state index contributed by atoms with van der Waals surface area (Å²) in [6, 6.07) is 16.6. The van der Waals surface area contributed by atoms with Crippen molar-refractivity contribution in [2.75, 3.05) is 36.5 Å². The van der Waals surface area contributed by atoms with Gasteiger partial charge in [-0.2, -0.15) is 0 Å². The Hall–Kier alpha value is -3.09. The fourth-order valence-corrected chi connectivity index (χ4v) is 4.68. The molecule has 2 aromatic carbocycles. The van der Waals surface area contributed by atoms with Crippen LogP contribution in [0.5, 0.6) is 0 Å². The number of nitrogens with one attached hydrogen (secondary N) is 1. The van der Waals surface area contributed by atoms with Gasteiger partial charge < -0.3 is 25.0 Å². The lowest BCUT2D eigenvalue weighted by Crippen LogP contribution is -2.25. The van der Waals surface area contributed by atoms with Crippen LogP contribution in [0.15, 0.2) is 67.0 Å². The first-order valence-corrected chi connectivity index (χ1v) is 11.8. The molecule has 0 bridgehead atoms. The topological polar surface area (TPSA) is 73.6 Å². The summed E-state index contributed by atoms with van der Waals surface area (Å²) < 4.78 is 2.24. The minimum absolute atomic E-state index is 0.0727. The molecule has 0 amide bonds. The second kappa shape index (κ2) is 11.2. The van der Waals surface area contributed by atoms with E-state index in [1.165, 1.54) is 11.1 Å². The Kier molecular flexibility index (Phi) is 7.81. The van der Waals surface area contributed by atoms with Crippen molar-refractivity contribution in [1.29, 1.82) is 0 Å². The van der Waals surface area contributed by atoms with Crippen molar-refractivity contribution >= 4 is 16.9 Å². The van der Waals surface area contributed by atoms with Gasteiger partial charge >= 0.3 is 0 Å². The average molecular weight is 447 g/mol. The van der Waals surface area contributed by atoms with Crippen molar-refractivity contribution in [2.45, 2.75) is 38.8 Å². The first kappa shape index (κ1) is 23.1. The summed E-state index contributed by atoms with van der Waals surface area (Å²) >= 11 is 0. The Morgan fingerprint density at radius 1 is 1.12 bits per heavy atom. The monoisotopic (exact) mass is 446 g/mol. The van der Waals surface area contributed by atoms with E-state index in [1.54, 1.807) is 0 Å². The Morgan fingerprint density at radius 2 is 1.94 bits per heavy atom. The second-order valence-corrected chi connectivity index (χ2v) is 8.47. The van der Waals surface area contributed by atoms with Crippen molar-refractivity contribution in [3.8, 4) is 0 Å². The van der Waals surface area contributed by atoms with Gasteiger partial charge in [-0.15, -0.1) is 0 Å². The standard InChI is InChI=1S/C27H34N4O2/c1-2-30(16-17-32)25-12-10-24(11-13-25)29-18-21-7-5-8-22(19-31-15-14-28-27(21)31)26-9-4-3-6-23(26)20-33/h3-4,6-7,9-15,22,29,32-33H,2,5,8,16-20H2,1H3/b21-7-. The highest BCUT2D eigenvalue weighted by Crippen LogP contribution is 2.31. The number of hydrogen-bond donors (Lipinski definition) is 3. The summed E-state index contributed by atoms with van der Waals surface area (Å²) in [7, 11) is 0. The van der Waals surface area contributed by atoms with E-state index in [9.17, 15) is 10.2 Å². The van der Waals surface area contributed by atoms with Crippen LogP contribution < -0.4 is 10.2 Å². The lowest BCUT2D eigenvalue weighted by atomic mass is 9.89. The zero-order chi connectivity index (χ0) is 23.0. The smallest absolute Gasteiger partial charge is 0.137 e. The van der Waals surface area contributed by atoms with Crippen LogP contribution in [0.25, 0.3) is 5.57 Å². The molecule has 4 rings (SSSR count). The van der Waals surface area contributed by atoms with Crippen LogP contribution in [0.4, 0.5) is 11.4 Å². The van der Waals surface area contributed by atoms with Crippen molar-refractivity contribution in [2.24, 2.45) is 0 Å². The molecule has 0 saturated carbocycles. The molecule has 3 aromatic rings. The molecular formula is C27H34N4O2. The summed E-state index contributed by atoms with van der Waals surface area (Å²) in [5, 5.41) is 22.6. The van der Waals surface area contributed by atoms with Gasteiger partial charge in [0.2, 0.25) is 0 Å². The molecule has 1 unspecified atom stereocenters. The van der Waals surface area contributed by atoms with Gasteiger partial charge in [-0.3, -0.25) is 0 Å². The van der Waals surface area contributed by atoms with Crippen LogP contribution in [0.2, 0.25) is 0 Å². The number of aliphatic hydroxyl groups excluding tert-OH is 2. The van der Waals surface area contributed by atoms with Gasteiger partial charge in [0, 0.05) is 61.4 Å². The third-order valence-corrected chi connectivity index (χ3v) is 6.46. The quantitative estimate of drug-likeness (QED) is 0.458. The first-order chi connectivity index (χ1) is 16.2. The molecule has 6 heteroatoms. The van der Waals surface area contributed by atoms with Crippen molar-refractivity contribution in [3.05, 3.63) is 84.0 Å². The van der Waals surface area contributed by atoms with Gasteiger partial charge in [-0.25, -0.2) is 4.98 Å². The summed E-state index contributed by atoms with van der Waals surface area (Å²) in [5.41, 5.74) is 5.63. The fourth-order valence-electron chi connectivity index (χ4n) is 4.68. The van der Waals surface area contributed by atoms with Gasteiger partial charge in [-0.05, 0) is 55.2 Å². The number of benzene rings is 2. The number of allylic oxidation sites excluding steroid dienone is 1. The van der Waals surface area contributed by atoms with E-state index in [0.29, 0.717) is 19.0 Å². The van der Waals surface area contributed by atoms with Crippen LogP contribution in [0, 0.1) is 0 Å². The number of hydrogen-bond acceptors (Lipinski definition) is 5. The number of rotatable bonds is 9. The minimum Gasteiger partial charge on any atom is -0.395 e. The van der Waals surface area contributed by atoms with Gasteiger partial charge in [0.05, 0.1) is 13.2 Å². The third-order valence-electron chi connectivity index (χ3n) is 6.46. The minimum atomic E-state index is 0.0727. The number of imidazole rings is 1. The molecule has 174 valence electrons. The Balaban J connectivity index is 1.46. The third kappa shape index (κ3) is 5.46. The predicted octanol–water partition coefficient (Wildman–Crippen LogP) is 4.27. The lowest BCUT2D eigenvalue weighted by molar-refractivity contribution is 0.279. The average Bonchev–Trinajstić information content (AvgIpc) is 3.30. The molecule has 6 nitrogen and oxygen atoms in total. The van der Waals surface area contributed by atoms with Gasteiger partial charge in [-0.1, -0.05) is 30.3 Å². The molecule has 1 aliphatic rings. The number of likely N-dealkylation sites (N-methyl/N-ethyl adjacent to an activating group) is 1. The van der Waals surface area contributed by atoms with E-state index in [-0.39, 0.29) is 13.2 Å². The van der Waals surface area contributed by atoms with Gasteiger partial charge in [0.1, 0.15) is 5.82 Å². The van der Waals surface area contributed by atoms with E-state index in [2.05, 4.69) is 75.4 Å². The Bertz CT molecular complexity index is 1060. The molecule has 1 aliphatic heterocycles. The van der Waals surface area contributed by atoms with Gasteiger partial charge in [0.25, 0.3) is 0 Å². The molecule has 3 N–H and O–H groups in total. The van der Waals surface area contributed by atoms with Crippen molar-refractivity contribution in [3.63, 3.8) is 0 Å². The molecule has 0 spiro atoms. The van der Waals surface area contributed by atoms with E-state index >= 15 is 0 Å². The van der Waals surface area contributed by atoms with Crippen LogP contribution in [-0.4, -0.2) is 46.0 Å². The summed E-state index contributed by atoms with van der Waals surface area (Å²) in [5.74, 6) is 1.35. The molecule has 0 saturated heterocycles. The maximum absolute atomic E-state index is 9.79. The molecule has 1 aromatic heterocycles. The van der Waals surface area contributed by atoms with E-state index in [4.69, 9.17) is 0 Å². The molecule has 0 fully saturated rings. The normalized spacial score (nSPS) is 17.4. The number of fused-ring (bicyclic) bond motifs is 1. The van der Waals surface area contributed by atoms with Gasteiger partial charge in [0.15, 0.2) is 0 Å². The van der Waals surface area contributed by atoms with E-state index < -0.39 is 0 Å². The second-order valence-electron chi connectivity index (χ2n) is 8.47. The summed E-state index contributed by atoms with van der Waals surface area (Å²) in [6.07, 6.45) is 8.23. The first-order valence-electron chi connectivity index (χ1n) is 11.8. The Morgan fingerprint density at radius 3 is 2.70 bits per heavy atom. The lowest BCUT2D eigenvalue weighted by Gasteiger charge is -2.24. The van der Waals surface area contributed by atoms with E-state index in [1.807, 2.05) is 18.3 Å². The number of aromatic nitrogens is 2. The molecule has 1 atom stereocenters. The Labute approximate surface area is 196 Å². The maximum Gasteiger partial charge on any atom is 0.137 e.